The number of carbonyl (C=O) groups is 4. The number of halogens is 1. The smallest absolute Gasteiger partial charge is 0.408 e. The number of likely N-dealkylation sites (tertiary alicyclic amines) is 1. The number of nitrogens with zero attached hydrogens (tertiary/aromatic N) is 1. The highest BCUT2D eigenvalue weighted by atomic mass is 19.1. The second-order valence-corrected chi connectivity index (χ2v) is 9.17. The van der Waals surface area contributed by atoms with Crippen LogP contribution < -0.4 is 10.6 Å². The van der Waals surface area contributed by atoms with Crippen molar-refractivity contribution < 1.29 is 33.4 Å². The lowest BCUT2D eigenvalue weighted by Gasteiger charge is -2.31. The van der Waals surface area contributed by atoms with E-state index in [9.17, 15) is 28.7 Å². The molecule has 0 radical (unpaired) electrons. The van der Waals surface area contributed by atoms with Gasteiger partial charge in [-0.25, -0.2) is 14.0 Å². The van der Waals surface area contributed by atoms with Crippen molar-refractivity contribution >= 4 is 29.6 Å². The van der Waals surface area contributed by atoms with Crippen LogP contribution >= 0.6 is 0 Å². The van der Waals surface area contributed by atoms with Gasteiger partial charge in [0.2, 0.25) is 11.8 Å². The van der Waals surface area contributed by atoms with Crippen molar-refractivity contribution in [2.75, 3.05) is 11.9 Å². The van der Waals surface area contributed by atoms with Crippen LogP contribution in [-0.2, 0) is 19.1 Å². The van der Waals surface area contributed by atoms with Gasteiger partial charge < -0.3 is 25.4 Å². The summed E-state index contributed by atoms with van der Waals surface area (Å²) in [4.78, 5) is 51.5. The third-order valence-electron chi connectivity index (χ3n) is 5.45. The zero-order chi connectivity index (χ0) is 25.8. The van der Waals surface area contributed by atoms with Gasteiger partial charge in [0.25, 0.3) is 0 Å². The third-order valence-corrected chi connectivity index (χ3v) is 5.45. The summed E-state index contributed by atoms with van der Waals surface area (Å²) >= 11 is 0. The van der Waals surface area contributed by atoms with E-state index in [4.69, 9.17) is 4.74 Å². The number of hydrogen-bond acceptors (Lipinski definition) is 5. The van der Waals surface area contributed by atoms with Crippen molar-refractivity contribution in [3.8, 4) is 0 Å². The van der Waals surface area contributed by atoms with E-state index < -0.39 is 59.8 Å². The fourth-order valence-corrected chi connectivity index (χ4v) is 4.06. The topological polar surface area (TPSA) is 125 Å². The number of anilines is 1. The summed E-state index contributed by atoms with van der Waals surface area (Å²) < 4.78 is 20.0. The first kappa shape index (κ1) is 25.7. The van der Waals surface area contributed by atoms with Crippen LogP contribution in [0.2, 0.25) is 0 Å². The maximum absolute atomic E-state index is 14.9. The van der Waals surface area contributed by atoms with Gasteiger partial charge in [0.05, 0.1) is 12.0 Å². The van der Waals surface area contributed by atoms with Gasteiger partial charge in [0, 0.05) is 11.3 Å². The summed E-state index contributed by atoms with van der Waals surface area (Å²) in [5.41, 5.74) is -0.316. The number of alkyl carbamates (subject to hydrolysis) is 1. The molecule has 2 aromatic rings. The number of amides is 3. The first-order valence-electron chi connectivity index (χ1n) is 11.1. The van der Waals surface area contributed by atoms with Crippen molar-refractivity contribution in [3.05, 3.63) is 66.0 Å². The number of ether oxygens (including phenoxy) is 1. The molecule has 1 aliphatic rings. The number of nitrogens with one attached hydrogen (secondary N) is 2. The van der Waals surface area contributed by atoms with Crippen LogP contribution in [0.1, 0.15) is 38.8 Å². The molecule has 3 N–H and O–H groups in total. The number of carboxylic acids is 1. The largest absolute Gasteiger partial charge is 0.480 e. The van der Waals surface area contributed by atoms with Crippen molar-refractivity contribution in [3.63, 3.8) is 0 Å². The molecule has 3 unspecified atom stereocenters. The molecule has 3 amide bonds. The molecular formula is C25H28FN3O6. The summed E-state index contributed by atoms with van der Waals surface area (Å²) in [5, 5.41) is 14.9. The number of para-hydroxylation sites is 1. The number of carboxylic acid groups (broad SMARTS) is 1. The molecule has 1 saturated heterocycles. The summed E-state index contributed by atoms with van der Waals surface area (Å²) in [6.45, 7) is 4.37. The lowest BCUT2D eigenvalue weighted by Crippen LogP contribution is -2.47. The van der Waals surface area contributed by atoms with E-state index in [-0.39, 0.29) is 12.0 Å². The fraction of sp³-hybridized carbons (Fsp3) is 0.360. The minimum Gasteiger partial charge on any atom is -0.480 e. The van der Waals surface area contributed by atoms with Crippen LogP contribution in [0.3, 0.4) is 0 Å². The van der Waals surface area contributed by atoms with Crippen LogP contribution in [-0.4, -0.2) is 52.1 Å². The van der Waals surface area contributed by atoms with Gasteiger partial charge in [0.1, 0.15) is 24.0 Å². The molecule has 1 aliphatic heterocycles. The van der Waals surface area contributed by atoms with Gasteiger partial charge in [-0.15, -0.1) is 0 Å². The molecule has 1 fully saturated rings. The predicted octanol–water partition coefficient (Wildman–Crippen LogP) is 3.33. The maximum atomic E-state index is 14.9. The minimum absolute atomic E-state index is 0.00933. The number of benzene rings is 2. The van der Waals surface area contributed by atoms with Crippen molar-refractivity contribution in [2.24, 2.45) is 5.92 Å². The van der Waals surface area contributed by atoms with E-state index in [1.54, 1.807) is 57.2 Å². The molecule has 0 bridgehead atoms. The SMILES string of the molecule is CC(C)(C)OC(=O)NCC(=O)N1C(C(=O)O)CC(C(=O)Nc2ccccc2)C1c1ccccc1F. The molecule has 0 aliphatic carbocycles. The van der Waals surface area contributed by atoms with Gasteiger partial charge >= 0.3 is 12.1 Å². The zero-order valence-electron chi connectivity index (χ0n) is 19.7. The van der Waals surface area contributed by atoms with E-state index in [0.29, 0.717) is 5.69 Å². The van der Waals surface area contributed by atoms with E-state index in [1.807, 2.05) is 0 Å². The average molecular weight is 486 g/mol. The van der Waals surface area contributed by atoms with Gasteiger partial charge in [-0.05, 0) is 45.4 Å². The fourth-order valence-electron chi connectivity index (χ4n) is 4.06. The highest BCUT2D eigenvalue weighted by Gasteiger charge is 2.51. The third kappa shape index (κ3) is 6.34. The first-order valence-corrected chi connectivity index (χ1v) is 11.1. The van der Waals surface area contributed by atoms with Crippen LogP contribution in [0.25, 0.3) is 0 Å². The highest BCUT2D eigenvalue weighted by Crippen LogP contribution is 2.42. The molecule has 3 rings (SSSR count). The van der Waals surface area contributed by atoms with Crippen LogP contribution in [0, 0.1) is 11.7 Å². The Morgan fingerprint density at radius 2 is 1.69 bits per heavy atom. The summed E-state index contributed by atoms with van der Waals surface area (Å²) in [6.07, 6.45) is -1.09. The normalized spacial score (nSPS) is 19.7. The molecule has 0 saturated carbocycles. The van der Waals surface area contributed by atoms with E-state index >= 15 is 0 Å². The highest BCUT2D eigenvalue weighted by molar-refractivity contribution is 5.96. The Bertz CT molecular complexity index is 1100. The molecule has 3 atom stereocenters. The van der Waals surface area contributed by atoms with Crippen molar-refractivity contribution in [1.82, 2.24) is 10.2 Å². The lowest BCUT2D eigenvalue weighted by molar-refractivity contribution is -0.149. The van der Waals surface area contributed by atoms with Gasteiger partial charge in [-0.1, -0.05) is 36.4 Å². The molecule has 2 aromatic carbocycles. The molecule has 186 valence electrons. The van der Waals surface area contributed by atoms with Gasteiger partial charge in [-0.2, -0.15) is 0 Å². The lowest BCUT2D eigenvalue weighted by atomic mass is 9.91. The van der Waals surface area contributed by atoms with Crippen LogP contribution in [0.15, 0.2) is 54.6 Å². The van der Waals surface area contributed by atoms with Crippen LogP contribution in [0.5, 0.6) is 0 Å². The molecule has 0 spiro atoms. The predicted molar refractivity (Wildman–Crippen MR) is 125 cm³/mol. The standard InChI is InChI=1S/C25H28FN3O6/c1-25(2,3)35-24(34)27-14-20(30)29-19(23(32)33)13-17(21(29)16-11-7-8-12-18(16)26)22(31)28-15-9-5-4-6-10-15/h4-12,17,19,21H,13-14H2,1-3H3,(H,27,34)(H,28,31)(H,32,33). The van der Waals surface area contributed by atoms with Crippen LogP contribution in [0.4, 0.5) is 14.9 Å². The Labute approximate surface area is 202 Å². The van der Waals surface area contributed by atoms with E-state index in [2.05, 4.69) is 10.6 Å². The second kappa shape index (κ2) is 10.5. The van der Waals surface area contributed by atoms with E-state index in [0.717, 1.165) is 4.90 Å². The Balaban J connectivity index is 1.93. The monoisotopic (exact) mass is 485 g/mol. The second-order valence-electron chi connectivity index (χ2n) is 9.17. The minimum atomic E-state index is -1.40. The zero-order valence-corrected chi connectivity index (χ0v) is 19.7. The molecule has 35 heavy (non-hydrogen) atoms. The Kier molecular flexibility index (Phi) is 7.73. The molecule has 9 nitrogen and oxygen atoms in total. The summed E-state index contributed by atoms with van der Waals surface area (Å²) in [6, 6.07) is 11.5. The maximum Gasteiger partial charge on any atom is 0.408 e. The number of hydrogen-bond donors (Lipinski definition) is 3. The Morgan fingerprint density at radius 1 is 1.06 bits per heavy atom. The number of carbonyl (C=O) groups excluding carboxylic acids is 3. The average Bonchev–Trinajstić information content (AvgIpc) is 3.18. The molecule has 0 aromatic heterocycles. The quantitative estimate of drug-likeness (QED) is 0.576. The first-order chi connectivity index (χ1) is 16.5. The number of rotatable bonds is 6. The Morgan fingerprint density at radius 3 is 2.29 bits per heavy atom. The summed E-state index contributed by atoms with van der Waals surface area (Å²) in [7, 11) is 0. The molecule has 1 heterocycles. The Hall–Kier alpha value is -3.95. The van der Waals surface area contributed by atoms with Gasteiger partial charge in [-0.3, -0.25) is 9.59 Å². The van der Waals surface area contributed by atoms with E-state index in [1.165, 1.54) is 18.2 Å². The molecule has 10 heteroatoms. The van der Waals surface area contributed by atoms with Gasteiger partial charge in [0.15, 0.2) is 0 Å². The van der Waals surface area contributed by atoms with Crippen molar-refractivity contribution in [2.45, 2.75) is 44.9 Å². The summed E-state index contributed by atoms with van der Waals surface area (Å²) in [5.74, 6) is -4.41. The molecular weight excluding hydrogens is 457 g/mol. The number of aliphatic carboxylic acids is 1. The van der Waals surface area contributed by atoms with Crippen molar-refractivity contribution in [1.29, 1.82) is 0 Å².